The lowest BCUT2D eigenvalue weighted by Gasteiger charge is -2.35. The van der Waals surface area contributed by atoms with E-state index in [9.17, 15) is 4.79 Å². The third-order valence-corrected chi connectivity index (χ3v) is 5.12. The number of pyridine rings is 1. The van der Waals surface area contributed by atoms with Gasteiger partial charge >= 0.3 is 0 Å². The summed E-state index contributed by atoms with van der Waals surface area (Å²) in [6, 6.07) is 8.05. The van der Waals surface area contributed by atoms with E-state index in [2.05, 4.69) is 54.0 Å². The predicted octanol–water partition coefficient (Wildman–Crippen LogP) is 3.26. The minimum absolute atomic E-state index is 0.0129. The second-order valence-corrected chi connectivity index (χ2v) is 8.17. The third kappa shape index (κ3) is 3.83. The van der Waals surface area contributed by atoms with Gasteiger partial charge in [0.05, 0.1) is 6.54 Å². The van der Waals surface area contributed by atoms with Crippen LogP contribution in [0.1, 0.15) is 42.5 Å². The first-order valence-electron chi connectivity index (χ1n) is 9.38. The highest BCUT2D eigenvalue weighted by Crippen LogP contribution is 2.25. The molecule has 0 atom stereocenters. The van der Waals surface area contributed by atoms with E-state index in [0.29, 0.717) is 6.54 Å². The molecule has 0 N–H and O–H groups in total. The summed E-state index contributed by atoms with van der Waals surface area (Å²) >= 11 is 0. The van der Waals surface area contributed by atoms with Crippen molar-refractivity contribution in [2.45, 2.75) is 40.2 Å². The molecule has 0 aromatic carbocycles. The normalized spacial score (nSPS) is 16.1. The molecule has 0 saturated carbocycles. The molecule has 0 amide bonds. The summed E-state index contributed by atoms with van der Waals surface area (Å²) in [6.07, 6.45) is 1.83. The van der Waals surface area contributed by atoms with Gasteiger partial charge < -0.3 is 9.47 Å². The van der Waals surface area contributed by atoms with Gasteiger partial charge in [0.1, 0.15) is 5.82 Å². The molecule has 1 saturated heterocycles. The molecule has 0 aliphatic carbocycles. The predicted molar refractivity (Wildman–Crippen MR) is 106 cm³/mol. The maximum absolute atomic E-state index is 12.9. The molecule has 0 unspecified atom stereocenters. The number of carbonyl (C=O) groups excluding carboxylic acids is 1. The van der Waals surface area contributed by atoms with E-state index in [1.54, 1.807) is 0 Å². The van der Waals surface area contributed by atoms with Gasteiger partial charge in [-0.05, 0) is 52.8 Å². The Labute approximate surface area is 156 Å². The summed E-state index contributed by atoms with van der Waals surface area (Å²) in [5.74, 6) is 1.24. The standard InChI is InChI=1S/C21H30N4O/c1-16-14-18(17(2)25(16)21(3,4)5)19(26)15-23-10-12-24(13-11-23)20-8-6-7-9-22-20/h6-9,14H,10-13,15H2,1-5H3. The van der Waals surface area contributed by atoms with Crippen molar-refractivity contribution < 1.29 is 4.79 Å². The van der Waals surface area contributed by atoms with Crippen LogP contribution >= 0.6 is 0 Å². The van der Waals surface area contributed by atoms with E-state index < -0.39 is 0 Å². The van der Waals surface area contributed by atoms with Crippen LogP contribution in [0.2, 0.25) is 0 Å². The Bertz CT molecular complexity index is 765. The number of carbonyl (C=O) groups is 1. The van der Waals surface area contributed by atoms with E-state index in [1.807, 2.05) is 30.5 Å². The number of hydrogen-bond donors (Lipinski definition) is 0. The van der Waals surface area contributed by atoms with Gasteiger partial charge in [-0.15, -0.1) is 0 Å². The fourth-order valence-electron chi connectivity index (χ4n) is 4.04. The highest BCUT2D eigenvalue weighted by Gasteiger charge is 2.25. The van der Waals surface area contributed by atoms with Gasteiger partial charge in [-0.3, -0.25) is 9.69 Å². The Kier molecular flexibility index (Phi) is 5.19. The average molecular weight is 354 g/mol. The van der Waals surface area contributed by atoms with Gasteiger partial charge in [0, 0.05) is 54.9 Å². The number of piperazine rings is 1. The maximum Gasteiger partial charge on any atom is 0.178 e. The van der Waals surface area contributed by atoms with E-state index in [0.717, 1.165) is 48.9 Å². The molecular weight excluding hydrogens is 324 g/mol. The van der Waals surface area contributed by atoms with Crippen molar-refractivity contribution in [1.82, 2.24) is 14.5 Å². The van der Waals surface area contributed by atoms with Gasteiger partial charge in [-0.1, -0.05) is 6.07 Å². The largest absolute Gasteiger partial charge is 0.354 e. The number of hydrogen-bond acceptors (Lipinski definition) is 4. The van der Waals surface area contributed by atoms with Gasteiger partial charge in [-0.2, -0.15) is 0 Å². The van der Waals surface area contributed by atoms with Crippen LogP contribution in [0, 0.1) is 13.8 Å². The Morgan fingerprint density at radius 1 is 1.12 bits per heavy atom. The molecule has 3 heterocycles. The van der Waals surface area contributed by atoms with Crippen LogP contribution in [-0.4, -0.2) is 53.0 Å². The monoisotopic (exact) mass is 354 g/mol. The molecule has 5 nitrogen and oxygen atoms in total. The van der Waals surface area contributed by atoms with E-state index in [-0.39, 0.29) is 11.3 Å². The lowest BCUT2D eigenvalue weighted by molar-refractivity contribution is 0.0925. The van der Waals surface area contributed by atoms with Crippen LogP contribution in [0.4, 0.5) is 5.82 Å². The molecule has 0 bridgehead atoms. The SMILES string of the molecule is Cc1cc(C(=O)CN2CCN(c3ccccn3)CC2)c(C)n1C(C)(C)C. The van der Waals surface area contributed by atoms with Crippen LogP contribution in [0.3, 0.4) is 0 Å². The molecule has 1 fully saturated rings. The summed E-state index contributed by atoms with van der Waals surface area (Å²) < 4.78 is 2.26. The highest BCUT2D eigenvalue weighted by molar-refractivity contribution is 5.99. The molecule has 26 heavy (non-hydrogen) atoms. The Hall–Kier alpha value is -2.14. The topological polar surface area (TPSA) is 41.4 Å². The Morgan fingerprint density at radius 2 is 1.81 bits per heavy atom. The number of aryl methyl sites for hydroxylation is 1. The van der Waals surface area contributed by atoms with Crippen molar-refractivity contribution >= 4 is 11.6 Å². The lowest BCUT2D eigenvalue weighted by Crippen LogP contribution is -2.48. The third-order valence-electron chi connectivity index (χ3n) is 5.12. The first kappa shape index (κ1) is 18.6. The summed E-state index contributed by atoms with van der Waals surface area (Å²) in [5.41, 5.74) is 3.08. The van der Waals surface area contributed by atoms with Crippen LogP contribution < -0.4 is 4.90 Å². The molecule has 5 heteroatoms. The highest BCUT2D eigenvalue weighted by atomic mass is 16.1. The van der Waals surface area contributed by atoms with Gasteiger partial charge in [0.25, 0.3) is 0 Å². The smallest absolute Gasteiger partial charge is 0.178 e. The molecule has 0 radical (unpaired) electrons. The molecule has 1 aliphatic rings. The van der Waals surface area contributed by atoms with Crippen LogP contribution in [-0.2, 0) is 5.54 Å². The fraction of sp³-hybridized carbons (Fsp3) is 0.524. The molecule has 2 aromatic heterocycles. The van der Waals surface area contributed by atoms with Crippen LogP contribution in [0.15, 0.2) is 30.5 Å². The van der Waals surface area contributed by atoms with Gasteiger partial charge in [0.2, 0.25) is 0 Å². The van der Waals surface area contributed by atoms with Gasteiger partial charge in [0.15, 0.2) is 5.78 Å². The zero-order valence-electron chi connectivity index (χ0n) is 16.6. The Morgan fingerprint density at radius 3 is 2.35 bits per heavy atom. The minimum atomic E-state index is -0.0129. The quantitative estimate of drug-likeness (QED) is 0.791. The first-order valence-corrected chi connectivity index (χ1v) is 9.38. The number of rotatable bonds is 4. The van der Waals surface area contributed by atoms with Crippen molar-refractivity contribution in [3.63, 3.8) is 0 Å². The number of Topliss-reactive ketones (excluding diaryl/α,β-unsaturated/α-hetero) is 1. The average Bonchev–Trinajstić information content (AvgIpc) is 2.91. The maximum atomic E-state index is 12.9. The summed E-state index contributed by atoms with van der Waals surface area (Å²) in [5, 5.41) is 0. The summed E-state index contributed by atoms with van der Waals surface area (Å²) in [4.78, 5) is 21.9. The summed E-state index contributed by atoms with van der Waals surface area (Å²) in [7, 11) is 0. The molecule has 3 rings (SSSR count). The molecular formula is C21H30N4O. The second kappa shape index (κ2) is 7.23. The zero-order chi connectivity index (χ0) is 18.9. The van der Waals surface area contributed by atoms with Crippen molar-refractivity contribution in [1.29, 1.82) is 0 Å². The molecule has 1 aliphatic heterocycles. The molecule has 2 aromatic rings. The number of ketones is 1. The first-order chi connectivity index (χ1) is 12.3. The van der Waals surface area contributed by atoms with Crippen molar-refractivity contribution in [2.24, 2.45) is 0 Å². The Balaban J connectivity index is 1.63. The minimum Gasteiger partial charge on any atom is -0.354 e. The number of anilines is 1. The van der Waals surface area contributed by atoms with Crippen LogP contribution in [0.25, 0.3) is 0 Å². The number of aromatic nitrogens is 2. The molecule has 140 valence electrons. The van der Waals surface area contributed by atoms with Crippen molar-refractivity contribution in [2.75, 3.05) is 37.6 Å². The molecule has 0 spiro atoms. The van der Waals surface area contributed by atoms with Crippen molar-refractivity contribution in [3.05, 3.63) is 47.4 Å². The van der Waals surface area contributed by atoms with Crippen LogP contribution in [0.5, 0.6) is 0 Å². The zero-order valence-corrected chi connectivity index (χ0v) is 16.6. The fourth-order valence-corrected chi connectivity index (χ4v) is 4.04. The van der Waals surface area contributed by atoms with Crippen molar-refractivity contribution in [3.8, 4) is 0 Å². The second-order valence-electron chi connectivity index (χ2n) is 8.17. The van der Waals surface area contributed by atoms with Gasteiger partial charge in [-0.25, -0.2) is 4.98 Å². The van der Waals surface area contributed by atoms with E-state index >= 15 is 0 Å². The lowest BCUT2D eigenvalue weighted by atomic mass is 10.1. The van der Waals surface area contributed by atoms with E-state index in [1.165, 1.54) is 0 Å². The van der Waals surface area contributed by atoms with E-state index in [4.69, 9.17) is 0 Å². The number of nitrogens with zero attached hydrogens (tertiary/aromatic N) is 4. The summed E-state index contributed by atoms with van der Waals surface area (Å²) in [6.45, 7) is 14.8.